The molecule has 1 aromatic rings. The Morgan fingerprint density at radius 1 is 1.25 bits per heavy atom. The van der Waals surface area contributed by atoms with E-state index in [1.165, 1.54) is 0 Å². The average Bonchev–Trinajstić information content (AvgIpc) is 3.20. The van der Waals surface area contributed by atoms with E-state index in [9.17, 15) is 22.8 Å². The summed E-state index contributed by atoms with van der Waals surface area (Å²) in [7, 11) is 0. The van der Waals surface area contributed by atoms with Crippen molar-refractivity contribution in [2.45, 2.75) is 58.5 Å². The molecule has 1 saturated heterocycles. The highest BCUT2D eigenvalue weighted by atomic mass is 19.4. The number of benzene rings is 1. The van der Waals surface area contributed by atoms with Crippen LogP contribution in [0.1, 0.15) is 39.2 Å². The van der Waals surface area contributed by atoms with E-state index in [2.05, 4.69) is 0 Å². The van der Waals surface area contributed by atoms with Crippen molar-refractivity contribution in [2.75, 3.05) is 13.2 Å². The Balaban J connectivity index is 1.83. The second kappa shape index (κ2) is 9.65. The summed E-state index contributed by atoms with van der Waals surface area (Å²) in [6.45, 7) is 6.11. The molecule has 0 radical (unpaired) electrons. The lowest BCUT2D eigenvalue weighted by atomic mass is 9.76. The van der Waals surface area contributed by atoms with E-state index < -0.39 is 35.6 Å². The Hall–Kier alpha value is -2.35. The average molecular weight is 454 g/mol. The van der Waals surface area contributed by atoms with Crippen molar-refractivity contribution in [1.82, 2.24) is 4.90 Å². The van der Waals surface area contributed by atoms with Crippen LogP contribution in [0.5, 0.6) is 0 Å². The van der Waals surface area contributed by atoms with E-state index in [-0.39, 0.29) is 31.5 Å². The van der Waals surface area contributed by atoms with Crippen molar-refractivity contribution in [3.05, 3.63) is 48.0 Å². The predicted octanol–water partition coefficient (Wildman–Crippen LogP) is 4.52. The molecule has 0 saturated carbocycles. The summed E-state index contributed by atoms with van der Waals surface area (Å²) in [5, 5.41) is 0. The van der Waals surface area contributed by atoms with Crippen LogP contribution < -0.4 is 0 Å². The molecular weight excluding hydrogens is 423 g/mol. The van der Waals surface area contributed by atoms with Crippen LogP contribution in [-0.2, 0) is 25.7 Å². The lowest BCUT2D eigenvalue weighted by Gasteiger charge is -2.42. The van der Waals surface area contributed by atoms with Gasteiger partial charge in [0.05, 0.1) is 18.1 Å². The molecule has 1 aliphatic carbocycles. The van der Waals surface area contributed by atoms with Gasteiger partial charge in [0.25, 0.3) is 0 Å². The maximum absolute atomic E-state index is 13.5. The molecule has 2 unspecified atom stereocenters. The fourth-order valence-electron chi connectivity index (χ4n) is 4.60. The molecule has 1 heterocycles. The van der Waals surface area contributed by atoms with E-state index in [1.807, 2.05) is 44.2 Å². The number of carbonyl (C=O) groups excluding carboxylic acids is 2. The first-order valence-corrected chi connectivity index (χ1v) is 10.9. The summed E-state index contributed by atoms with van der Waals surface area (Å²) < 4.78 is 51.5. The molecule has 0 aromatic heterocycles. The fraction of sp³-hybridized carbons (Fsp3) is 0.583. The summed E-state index contributed by atoms with van der Waals surface area (Å²) in [5.74, 6) is -2.83. The number of hydrogen-bond donors (Lipinski definition) is 0. The van der Waals surface area contributed by atoms with Crippen molar-refractivity contribution in [3.63, 3.8) is 0 Å². The SMILES string of the molecule is CC(C)[C@]1(C(=O)OCc2ccccc2)C=CC(N(C(=O)C(F)(F)F)C2CCOC[C@H]2C)C1. The third-order valence-corrected chi connectivity index (χ3v) is 6.57. The number of amides is 1. The van der Waals surface area contributed by atoms with E-state index in [0.717, 1.165) is 10.5 Å². The maximum Gasteiger partial charge on any atom is 0.471 e. The molecule has 2 aliphatic rings. The molecule has 0 bridgehead atoms. The van der Waals surface area contributed by atoms with Gasteiger partial charge in [0.15, 0.2) is 0 Å². The predicted molar refractivity (Wildman–Crippen MR) is 112 cm³/mol. The molecule has 32 heavy (non-hydrogen) atoms. The van der Waals surface area contributed by atoms with E-state index >= 15 is 0 Å². The van der Waals surface area contributed by atoms with Gasteiger partial charge in [0, 0.05) is 18.6 Å². The number of nitrogens with zero attached hydrogens (tertiary/aromatic N) is 1. The summed E-state index contributed by atoms with van der Waals surface area (Å²) >= 11 is 0. The van der Waals surface area contributed by atoms with Gasteiger partial charge in [-0.15, -0.1) is 0 Å². The normalized spacial score (nSPS) is 28.0. The molecule has 5 nitrogen and oxygen atoms in total. The lowest BCUT2D eigenvalue weighted by Crippen LogP contribution is -2.56. The second-order valence-electron chi connectivity index (χ2n) is 9.01. The number of ether oxygens (including phenoxy) is 2. The highest BCUT2D eigenvalue weighted by Gasteiger charge is 2.53. The van der Waals surface area contributed by atoms with Gasteiger partial charge < -0.3 is 14.4 Å². The Morgan fingerprint density at radius 3 is 2.53 bits per heavy atom. The van der Waals surface area contributed by atoms with Gasteiger partial charge in [-0.05, 0) is 24.3 Å². The highest BCUT2D eigenvalue weighted by molar-refractivity contribution is 5.84. The number of hydrogen-bond acceptors (Lipinski definition) is 4. The first kappa shape index (κ1) is 24.3. The molecule has 176 valence electrons. The van der Waals surface area contributed by atoms with Crippen molar-refractivity contribution >= 4 is 11.9 Å². The Labute approximate surface area is 186 Å². The second-order valence-corrected chi connectivity index (χ2v) is 9.01. The smallest absolute Gasteiger partial charge is 0.460 e. The largest absolute Gasteiger partial charge is 0.471 e. The third-order valence-electron chi connectivity index (χ3n) is 6.57. The fourth-order valence-corrected chi connectivity index (χ4v) is 4.60. The van der Waals surface area contributed by atoms with Crippen LogP contribution in [0, 0.1) is 17.3 Å². The van der Waals surface area contributed by atoms with Gasteiger partial charge in [-0.1, -0.05) is 63.3 Å². The number of halogens is 3. The first-order chi connectivity index (χ1) is 15.1. The lowest BCUT2D eigenvalue weighted by molar-refractivity contribution is -0.193. The van der Waals surface area contributed by atoms with Crippen LogP contribution in [0.3, 0.4) is 0 Å². The standard InChI is InChI=1S/C24H30F3NO4/c1-16(2)23(22(30)32-15-18-7-5-4-6-8-18)11-9-19(13-23)28(21(29)24(25,26)27)20-10-12-31-14-17(20)3/h4-9,11,16-17,19-20H,10,12-15H2,1-3H3/t17-,19?,20?,23+/m1/s1. The molecule has 1 fully saturated rings. The molecule has 1 aliphatic heterocycles. The number of rotatable bonds is 6. The third kappa shape index (κ3) is 5.00. The number of esters is 1. The zero-order valence-corrected chi connectivity index (χ0v) is 18.6. The van der Waals surface area contributed by atoms with Crippen molar-refractivity contribution in [1.29, 1.82) is 0 Å². The molecule has 0 spiro atoms. The van der Waals surface area contributed by atoms with Gasteiger partial charge in [0.2, 0.25) is 0 Å². The van der Waals surface area contributed by atoms with Gasteiger partial charge >= 0.3 is 18.1 Å². The quantitative estimate of drug-likeness (QED) is 0.470. The molecule has 4 atom stereocenters. The molecule has 0 N–H and O–H groups in total. The minimum Gasteiger partial charge on any atom is -0.460 e. The van der Waals surface area contributed by atoms with Crippen molar-refractivity contribution in [2.24, 2.45) is 17.3 Å². The van der Waals surface area contributed by atoms with Crippen molar-refractivity contribution in [3.8, 4) is 0 Å². The summed E-state index contributed by atoms with van der Waals surface area (Å²) in [5.41, 5.74) is -0.277. The van der Waals surface area contributed by atoms with Gasteiger partial charge in [-0.3, -0.25) is 9.59 Å². The van der Waals surface area contributed by atoms with Gasteiger partial charge in [0.1, 0.15) is 6.61 Å². The zero-order chi connectivity index (χ0) is 23.5. The summed E-state index contributed by atoms with van der Waals surface area (Å²) in [4.78, 5) is 26.5. The Bertz CT molecular complexity index is 839. The zero-order valence-electron chi connectivity index (χ0n) is 18.6. The van der Waals surface area contributed by atoms with Crippen molar-refractivity contribution < 1.29 is 32.2 Å². The number of carbonyl (C=O) groups is 2. The van der Waals surface area contributed by atoms with Crippen LogP contribution in [0.15, 0.2) is 42.5 Å². The summed E-state index contributed by atoms with van der Waals surface area (Å²) in [6.07, 6.45) is -1.42. The Morgan fingerprint density at radius 2 is 1.94 bits per heavy atom. The minimum atomic E-state index is -5.00. The molecule has 3 rings (SSSR count). The van der Waals surface area contributed by atoms with Gasteiger partial charge in [-0.2, -0.15) is 13.2 Å². The van der Waals surface area contributed by atoms with Gasteiger partial charge in [-0.25, -0.2) is 0 Å². The molecule has 8 heteroatoms. The minimum absolute atomic E-state index is 0.0597. The monoisotopic (exact) mass is 453 g/mol. The van der Waals surface area contributed by atoms with Crippen LogP contribution in [-0.4, -0.2) is 48.3 Å². The maximum atomic E-state index is 13.5. The topological polar surface area (TPSA) is 55.8 Å². The van der Waals surface area contributed by atoms with Crippen LogP contribution >= 0.6 is 0 Å². The highest BCUT2D eigenvalue weighted by Crippen LogP contribution is 2.44. The molecule has 1 aromatic carbocycles. The Kier molecular flexibility index (Phi) is 7.32. The van der Waals surface area contributed by atoms with Crippen LogP contribution in [0.4, 0.5) is 13.2 Å². The molecular formula is C24H30F3NO4. The van der Waals surface area contributed by atoms with E-state index in [0.29, 0.717) is 13.0 Å². The summed E-state index contributed by atoms with van der Waals surface area (Å²) in [6, 6.07) is 7.73. The molecule has 1 amide bonds. The van der Waals surface area contributed by atoms with E-state index in [4.69, 9.17) is 9.47 Å². The van der Waals surface area contributed by atoms with E-state index in [1.54, 1.807) is 19.1 Å². The van der Waals surface area contributed by atoms with Crippen LogP contribution in [0.2, 0.25) is 0 Å². The number of alkyl halides is 3. The first-order valence-electron chi connectivity index (χ1n) is 10.9. The van der Waals surface area contributed by atoms with Crippen LogP contribution in [0.25, 0.3) is 0 Å².